The molecule has 0 spiro atoms. The first kappa shape index (κ1) is 17.2. The largest absolute Gasteiger partial charge is 0.490 e. The number of halogens is 1. The van der Waals surface area contributed by atoms with Crippen LogP contribution in [0, 0.1) is 10.1 Å². The molecule has 0 aliphatic carbocycles. The van der Waals surface area contributed by atoms with Crippen molar-refractivity contribution in [2.75, 3.05) is 27.4 Å². The van der Waals surface area contributed by atoms with Crippen LogP contribution in [0.3, 0.4) is 0 Å². The van der Waals surface area contributed by atoms with Gasteiger partial charge in [0.05, 0.1) is 24.0 Å². The molecule has 0 heterocycles. The molecule has 8 heteroatoms. The highest BCUT2D eigenvalue weighted by Crippen LogP contribution is 2.27. The third kappa shape index (κ3) is 5.20. The van der Waals surface area contributed by atoms with E-state index in [2.05, 4.69) is 5.32 Å². The Balaban J connectivity index is 2.66. The summed E-state index contributed by atoms with van der Waals surface area (Å²) in [6, 6.07) is 4.04. The number of methoxy groups -OCH3 is 2. The molecule has 1 amide bonds. The maximum Gasteiger partial charge on any atom is 0.311 e. The molecule has 0 saturated heterocycles. The minimum atomic E-state index is -0.594. The Morgan fingerprint density at radius 3 is 2.76 bits per heavy atom. The minimum Gasteiger partial charge on any atom is -0.490 e. The molecule has 0 radical (unpaired) electrons. The first-order valence-electron chi connectivity index (χ1n) is 6.23. The van der Waals surface area contributed by atoms with Gasteiger partial charge in [-0.05, 0) is 18.6 Å². The smallest absolute Gasteiger partial charge is 0.311 e. The Hall–Kier alpha value is -1.86. The summed E-state index contributed by atoms with van der Waals surface area (Å²) in [6.45, 7) is 0.752. The number of carbonyl (C=O) groups excluding carboxylic acids is 1. The summed E-state index contributed by atoms with van der Waals surface area (Å²) in [6.07, 6.45) is 0.541. The number of rotatable bonds is 8. The van der Waals surface area contributed by atoms with Crippen molar-refractivity contribution in [2.24, 2.45) is 0 Å². The van der Waals surface area contributed by atoms with E-state index in [1.165, 1.54) is 25.3 Å². The van der Waals surface area contributed by atoms with Crippen LogP contribution in [0.5, 0.6) is 5.75 Å². The number of hydrogen-bond donors (Lipinski definition) is 1. The van der Waals surface area contributed by atoms with E-state index < -0.39 is 10.8 Å². The molecule has 1 aromatic rings. The molecule has 0 fully saturated rings. The molecule has 0 bridgehead atoms. The van der Waals surface area contributed by atoms with Crippen molar-refractivity contribution in [3.05, 3.63) is 33.9 Å². The van der Waals surface area contributed by atoms with Crippen molar-refractivity contribution < 1.29 is 19.2 Å². The highest BCUT2D eigenvalue weighted by molar-refractivity contribution is 6.20. The lowest BCUT2D eigenvalue weighted by Gasteiger charge is -2.09. The monoisotopic (exact) mass is 316 g/mol. The molecule has 0 aliphatic rings. The third-order valence-electron chi connectivity index (χ3n) is 2.73. The molecule has 1 unspecified atom stereocenters. The Bertz CT molecular complexity index is 509. The van der Waals surface area contributed by atoms with E-state index in [0.717, 1.165) is 0 Å². The van der Waals surface area contributed by atoms with Crippen LogP contribution in [0.2, 0.25) is 0 Å². The van der Waals surface area contributed by atoms with E-state index in [0.29, 0.717) is 19.6 Å². The van der Waals surface area contributed by atoms with Crippen LogP contribution in [0.4, 0.5) is 5.69 Å². The first-order chi connectivity index (χ1) is 9.99. The molecule has 0 aliphatic heterocycles. The number of hydrogen-bond acceptors (Lipinski definition) is 5. The number of nitrogens with zero attached hydrogens (tertiary/aromatic N) is 1. The van der Waals surface area contributed by atoms with Gasteiger partial charge in [-0.25, -0.2) is 0 Å². The minimum absolute atomic E-state index is 0.109. The zero-order valence-electron chi connectivity index (χ0n) is 11.8. The second kappa shape index (κ2) is 8.43. The fraction of sp³-hybridized carbons (Fsp3) is 0.462. The van der Waals surface area contributed by atoms with Gasteiger partial charge in [0.25, 0.3) is 5.91 Å². The molecule has 1 aromatic carbocycles. The highest BCUT2D eigenvalue weighted by atomic mass is 35.5. The number of alkyl halides is 1. The van der Waals surface area contributed by atoms with Crippen molar-refractivity contribution in [3.63, 3.8) is 0 Å². The van der Waals surface area contributed by atoms with Crippen LogP contribution in [-0.2, 0) is 4.74 Å². The zero-order chi connectivity index (χ0) is 15.8. The fourth-order valence-electron chi connectivity index (χ4n) is 1.68. The third-order valence-corrected chi connectivity index (χ3v) is 3.07. The summed E-state index contributed by atoms with van der Waals surface area (Å²) >= 11 is 5.93. The van der Waals surface area contributed by atoms with Gasteiger partial charge in [0.1, 0.15) is 0 Å². The van der Waals surface area contributed by atoms with Crippen LogP contribution in [0.15, 0.2) is 18.2 Å². The van der Waals surface area contributed by atoms with E-state index >= 15 is 0 Å². The second-order valence-corrected chi connectivity index (χ2v) is 4.86. The van der Waals surface area contributed by atoms with Gasteiger partial charge in [0.2, 0.25) is 0 Å². The Morgan fingerprint density at radius 2 is 2.19 bits per heavy atom. The van der Waals surface area contributed by atoms with Crippen LogP contribution in [0.25, 0.3) is 0 Å². The molecular weight excluding hydrogens is 300 g/mol. The summed E-state index contributed by atoms with van der Waals surface area (Å²) < 4.78 is 9.76. The normalized spacial score (nSPS) is 11.8. The van der Waals surface area contributed by atoms with Gasteiger partial charge in [-0.3, -0.25) is 14.9 Å². The molecule has 0 aromatic heterocycles. The lowest BCUT2D eigenvalue weighted by molar-refractivity contribution is -0.385. The van der Waals surface area contributed by atoms with Crippen molar-refractivity contribution in [1.82, 2.24) is 5.32 Å². The lowest BCUT2D eigenvalue weighted by Crippen LogP contribution is -2.27. The van der Waals surface area contributed by atoms with E-state index in [-0.39, 0.29) is 22.4 Å². The van der Waals surface area contributed by atoms with E-state index in [9.17, 15) is 14.9 Å². The van der Waals surface area contributed by atoms with Gasteiger partial charge in [-0.2, -0.15) is 0 Å². The number of benzene rings is 1. The van der Waals surface area contributed by atoms with Crippen LogP contribution in [0.1, 0.15) is 16.8 Å². The standard InChI is InChI=1S/C13H17ClN2O5/c1-20-8-10(14)5-6-15-13(17)9-3-4-12(21-2)11(7-9)16(18)19/h3-4,7,10H,5-6,8H2,1-2H3,(H,15,17). The van der Waals surface area contributed by atoms with Crippen LogP contribution >= 0.6 is 11.6 Å². The number of nitro benzene ring substituents is 1. The summed E-state index contributed by atoms with van der Waals surface area (Å²) in [7, 11) is 2.88. The molecule has 1 atom stereocenters. The van der Waals surface area contributed by atoms with Gasteiger partial charge < -0.3 is 14.8 Å². The zero-order valence-corrected chi connectivity index (χ0v) is 12.6. The quantitative estimate of drug-likeness (QED) is 0.450. The van der Waals surface area contributed by atoms with Crippen molar-refractivity contribution >= 4 is 23.2 Å². The molecular formula is C13H17ClN2O5. The molecule has 116 valence electrons. The summed E-state index contributed by atoms with van der Waals surface area (Å²) in [5, 5.41) is 13.3. The molecule has 21 heavy (non-hydrogen) atoms. The number of carbonyl (C=O) groups is 1. The molecule has 1 N–H and O–H groups in total. The predicted molar refractivity (Wildman–Crippen MR) is 78.1 cm³/mol. The SMILES string of the molecule is COCC(Cl)CCNC(=O)c1ccc(OC)c([N+](=O)[O-])c1. The van der Waals surface area contributed by atoms with Crippen molar-refractivity contribution in [2.45, 2.75) is 11.8 Å². The van der Waals surface area contributed by atoms with Gasteiger partial charge >= 0.3 is 5.69 Å². The van der Waals surface area contributed by atoms with Gasteiger partial charge in [-0.15, -0.1) is 11.6 Å². The van der Waals surface area contributed by atoms with Gasteiger partial charge in [0.15, 0.2) is 5.75 Å². The summed E-state index contributed by atoms with van der Waals surface area (Å²) in [4.78, 5) is 22.2. The average Bonchev–Trinajstić information content (AvgIpc) is 2.46. The van der Waals surface area contributed by atoms with E-state index in [4.69, 9.17) is 21.1 Å². The molecule has 0 saturated carbocycles. The fourth-order valence-corrected chi connectivity index (χ4v) is 1.92. The Kier molecular flexibility index (Phi) is 6.90. The first-order valence-corrected chi connectivity index (χ1v) is 6.66. The van der Waals surface area contributed by atoms with Gasteiger partial charge in [-0.1, -0.05) is 0 Å². The van der Waals surface area contributed by atoms with Crippen LogP contribution < -0.4 is 10.1 Å². The predicted octanol–water partition coefficient (Wildman–Crippen LogP) is 1.98. The van der Waals surface area contributed by atoms with Crippen molar-refractivity contribution in [1.29, 1.82) is 0 Å². The van der Waals surface area contributed by atoms with E-state index in [1.807, 2.05) is 0 Å². The summed E-state index contributed by atoms with van der Waals surface area (Å²) in [5.74, 6) is -0.292. The number of amides is 1. The molecule has 7 nitrogen and oxygen atoms in total. The molecule has 1 rings (SSSR count). The topological polar surface area (TPSA) is 90.7 Å². The Morgan fingerprint density at radius 1 is 1.48 bits per heavy atom. The average molecular weight is 317 g/mol. The lowest BCUT2D eigenvalue weighted by atomic mass is 10.1. The maximum absolute atomic E-state index is 11.9. The number of nitrogens with one attached hydrogen (secondary N) is 1. The Labute approximate surface area is 127 Å². The summed E-state index contributed by atoms with van der Waals surface area (Å²) in [5.41, 5.74) is -0.0554. The number of nitro groups is 1. The number of ether oxygens (including phenoxy) is 2. The highest BCUT2D eigenvalue weighted by Gasteiger charge is 2.18. The maximum atomic E-state index is 11.9. The van der Waals surface area contributed by atoms with Crippen molar-refractivity contribution in [3.8, 4) is 5.75 Å². The van der Waals surface area contributed by atoms with Gasteiger partial charge in [0, 0.05) is 25.3 Å². The van der Waals surface area contributed by atoms with E-state index in [1.54, 1.807) is 7.11 Å². The second-order valence-electron chi connectivity index (χ2n) is 4.24. The van der Waals surface area contributed by atoms with Crippen LogP contribution in [-0.4, -0.2) is 43.6 Å².